The van der Waals surface area contributed by atoms with Crippen LogP contribution in [-0.4, -0.2) is 25.2 Å². The maximum Gasteiger partial charge on any atom is 0.317 e. The second-order valence-electron chi connectivity index (χ2n) is 6.86. The van der Waals surface area contributed by atoms with E-state index < -0.39 is 5.41 Å². The molecule has 0 N–H and O–H groups in total. The van der Waals surface area contributed by atoms with E-state index in [-0.39, 0.29) is 25.2 Å². The molecule has 0 spiro atoms. The summed E-state index contributed by atoms with van der Waals surface area (Å²) < 4.78 is 16.0. The third kappa shape index (κ3) is 3.39. The molecule has 0 unspecified atom stereocenters. The van der Waals surface area contributed by atoms with Crippen LogP contribution in [0.15, 0.2) is 42.5 Å². The van der Waals surface area contributed by atoms with Crippen molar-refractivity contribution < 1.29 is 23.8 Å². The van der Waals surface area contributed by atoms with Crippen LogP contribution in [0.2, 0.25) is 5.02 Å². The molecule has 1 aliphatic carbocycles. The normalized spacial score (nSPS) is 16.9. The highest BCUT2D eigenvalue weighted by Crippen LogP contribution is 2.42. The summed E-state index contributed by atoms with van der Waals surface area (Å²) in [5, 5.41) is 0.623. The van der Waals surface area contributed by atoms with E-state index in [1.807, 2.05) is 12.1 Å². The van der Waals surface area contributed by atoms with Gasteiger partial charge in [0.25, 0.3) is 0 Å². The number of ketones is 1. The van der Waals surface area contributed by atoms with Gasteiger partial charge in [-0.25, -0.2) is 0 Å². The van der Waals surface area contributed by atoms with Crippen LogP contribution in [0.3, 0.4) is 0 Å². The van der Waals surface area contributed by atoms with Crippen molar-refractivity contribution in [1.82, 2.24) is 0 Å². The zero-order valence-electron chi connectivity index (χ0n) is 14.7. The molecule has 0 saturated heterocycles. The van der Waals surface area contributed by atoms with Crippen LogP contribution < -0.4 is 9.47 Å². The summed E-state index contributed by atoms with van der Waals surface area (Å²) in [5.41, 5.74) is 0.628. The Bertz CT molecular complexity index is 869. The van der Waals surface area contributed by atoms with Crippen LogP contribution in [0.1, 0.15) is 41.6 Å². The molecule has 1 aliphatic heterocycles. The Morgan fingerprint density at radius 1 is 1.00 bits per heavy atom. The first-order valence-corrected chi connectivity index (χ1v) is 9.32. The number of fused-ring (bicyclic) bond motifs is 1. The maximum absolute atomic E-state index is 12.9. The summed E-state index contributed by atoms with van der Waals surface area (Å²) in [6.45, 7) is -0.153. The van der Waals surface area contributed by atoms with Crippen molar-refractivity contribution >= 4 is 23.4 Å². The van der Waals surface area contributed by atoms with Gasteiger partial charge in [-0.15, -0.1) is 0 Å². The van der Waals surface area contributed by atoms with Gasteiger partial charge in [0.1, 0.15) is 0 Å². The largest absolute Gasteiger partial charge is 0.457 e. The van der Waals surface area contributed by atoms with Crippen LogP contribution in [0, 0.1) is 0 Å². The van der Waals surface area contributed by atoms with Gasteiger partial charge in [0.05, 0.1) is 5.41 Å². The van der Waals surface area contributed by atoms with E-state index in [4.69, 9.17) is 25.8 Å². The molecule has 0 aromatic heterocycles. The minimum atomic E-state index is -0.695. The Kier molecular flexibility index (Phi) is 4.79. The minimum Gasteiger partial charge on any atom is -0.457 e. The molecule has 1 fully saturated rings. The lowest BCUT2D eigenvalue weighted by molar-refractivity contribution is -0.149. The summed E-state index contributed by atoms with van der Waals surface area (Å²) in [5.74, 6) is 0.513. The third-order valence-electron chi connectivity index (χ3n) is 5.27. The molecule has 0 amide bonds. The Labute approximate surface area is 162 Å². The van der Waals surface area contributed by atoms with Gasteiger partial charge in [-0.2, -0.15) is 0 Å². The topological polar surface area (TPSA) is 61.8 Å². The summed E-state index contributed by atoms with van der Waals surface area (Å²) in [6.07, 6.45) is 3.33. The number of Topliss-reactive ketones (excluding diaryl/α,β-unsaturated/α-hetero) is 1. The number of carbonyl (C=O) groups is 2. The highest BCUT2D eigenvalue weighted by atomic mass is 35.5. The second kappa shape index (κ2) is 7.24. The zero-order valence-corrected chi connectivity index (χ0v) is 15.5. The molecule has 0 radical (unpaired) electrons. The Morgan fingerprint density at radius 2 is 1.70 bits per heavy atom. The number of halogens is 1. The zero-order chi connectivity index (χ0) is 18.9. The lowest BCUT2D eigenvalue weighted by Gasteiger charge is -2.27. The van der Waals surface area contributed by atoms with E-state index in [2.05, 4.69) is 0 Å². The van der Waals surface area contributed by atoms with Crippen molar-refractivity contribution in [3.05, 3.63) is 58.6 Å². The highest BCUT2D eigenvalue weighted by Gasteiger charge is 2.44. The van der Waals surface area contributed by atoms with Gasteiger partial charge in [-0.3, -0.25) is 9.59 Å². The van der Waals surface area contributed by atoms with Gasteiger partial charge in [0.15, 0.2) is 23.9 Å². The monoisotopic (exact) mass is 386 g/mol. The average Bonchev–Trinajstić information content (AvgIpc) is 3.35. The lowest BCUT2D eigenvalue weighted by atomic mass is 9.79. The molecule has 1 heterocycles. The molecule has 27 heavy (non-hydrogen) atoms. The SMILES string of the molecule is O=C(COC(=O)C1(c2ccc(Cl)cc2)CCCC1)c1ccc2c(c1)OCO2. The highest BCUT2D eigenvalue weighted by molar-refractivity contribution is 6.30. The molecule has 2 aromatic carbocycles. The predicted molar refractivity (Wildman–Crippen MR) is 99.5 cm³/mol. The van der Waals surface area contributed by atoms with Crippen molar-refractivity contribution in [2.24, 2.45) is 0 Å². The number of hydrogen-bond acceptors (Lipinski definition) is 5. The fraction of sp³-hybridized carbons (Fsp3) is 0.333. The Hall–Kier alpha value is -2.53. The molecular weight excluding hydrogens is 368 g/mol. The van der Waals surface area contributed by atoms with E-state index in [1.165, 1.54) is 0 Å². The van der Waals surface area contributed by atoms with Crippen LogP contribution in [0.5, 0.6) is 11.5 Å². The van der Waals surface area contributed by atoms with E-state index in [1.54, 1.807) is 30.3 Å². The van der Waals surface area contributed by atoms with Gasteiger partial charge < -0.3 is 14.2 Å². The number of esters is 1. The van der Waals surface area contributed by atoms with Crippen molar-refractivity contribution in [2.75, 3.05) is 13.4 Å². The number of hydrogen-bond donors (Lipinski definition) is 0. The van der Waals surface area contributed by atoms with Crippen molar-refractivity contribution in [3.63, 3.8) is 0 Å². The van der Waals surface area contributed by atoms with Gasteiger partial charge in [-0.05, 0) is 48.7 Å². The second-order valence-corrected chi connectivity index (χ2v) is 7.30. The van der Waals surface area contributed by atoms with Crippen molar-refractivity contribution in [2.45, 2.75) is 31.1 Å². The molecule has 4 rings (SSSR count). The van der Waals surface area contributed by atoms with Gasteiger partial charge in [0.2, 0.25) is 6.79 Å². The van der Waals surface area contributed by atoms with Crippen LogP contribution in [-0.2, 0) is 14.9 Å². The van der Waals surface area contributed by atoms with Crippen LogP contribution in [0.4, 0.5) is 0 Å². The molecule has 2 aliphatic rings. The fourth-order valence-electron chi connectivity index (χ4n) is 3.78. The number of benzene rings is 2. The summed E-state index contributed by atoms with van der Waals surface area (Å²) in [4.78, 5) is 25.4. The predicted octanol–water partition coefficient (Wildman–Crippen LogP) is 4.31. The standard InChI is InChI=1S/C21H19ClO5/c22-16-6-4-15(5-7-16)21(9-1-2-10-21)20(24)25-12-17(23)14-3-8-18-19(11-14)27-13-26-18/h3-8,11H,1-2,9-10,12-13H2. The smallest absolute Gasteiger partial charge is 0.317 e. The summed E-state index contributed by atoms with van der Waals surface area (Å²) in [6, 6.07) is 12.2. The van der Waals surface area contributed by atoms with Gasteiger partial charge in [0, 0.05) is 10.6 Å². The molecular formula is C21H19ClO5. The fourth-order valence-corrected chi connectivity index (χ4v) is 3.91. The van der Waals surface area contributed by atoms with Gasteiger partial charge in [-0.1, -0.05) is 36.6 Å². The van der Waals surface area contributed by atoms with Crippen molar-refractivity contribution in [3.8, 4) is 11.5 Å². The van der Waals surface area contributed by atoms with E-state index in [0.29, 0.717) is 34.9 Å². The van der Waals surface area contributed by atoms with E-state index in [0.717, 1.165) is 18.4 Å². The Morgan fingerprint density at radius 3 is 2.44 bits per heavy atom. The van der Waals surface area contributed by atoms with Crippen LogP contribution in [0.25, 0.3) is 0 Å². The third-order valence-corrected chi connectivity index (χ3v) is 5.53. The van der Waals surface area contributed by atoms with E-state index in [9.17, 15) is 9.59 Å². The maximum atomic E-state index is 12.9. The quantitative estimate of drug-likeness (QED) is 0.566. The molecule has 0 bridgehead atoms. The number of carbonyl (C=O) groups excluding carboxylic acids is 2. The summed E-state index contributed by atoms with van der Waals surface area (Å²) >= 11 is 5.97. The first-order valence-electron chi connectivity index (χ1n) is 8.95. The van der Waals surface area contributed by atoms with Crippen LogP contribution >= 0.6 is 11.6 Å². The number of rotatable bonds is 5. The first kappa shape index (κ1) is 17.9. The average molecular weight is 387 g/mol. The first-order chi connectivity index (χ1) is 13.1. The van der Waals surface area contributed by atoms with E-state index >= 15 is 0 Å². The van der Waals surface area contributed by atoms with Gasteiger partial charge >= 0.3 is 5.97 Å². The van der Waals surface area contributed by atoms with Crippen molar-refractivity contribution in [1.29, 1.82) is 0 Å². The Balaban J connectivity index is 1.47. The lowest BCUT2D eigenvalue weighted by Crippen LogP contribution is -2.35. The minimum absolute atomic E-state index is 0.144. The molecule has 140 valence electrons. The molecule has 6 heteroatoms. The molecule has 1 saturated carbocycles. The molecule has 2 aromatic rings. The summed E-state index contributed by atoms with van der Waals surface area (Å²) in [7, 11) is 0. The molecule has 0 atom stereocenters. The number of ether oxygens (including phenoxy) is 3. The molecule has 5 nitrogen and oxygen atoms in total.